The van der Waals surface area contributed by atoms with Crippen molar-refractivity contribution >= 4 is 6.08 Å². The molecule has 0 radical (unpaired) electrons. The summed E-state index contributed by atoms with van der Waals surface area (Å²) in [5.74, 6) is 1.29. The summed E-state index contributed by atoms with van der Waals surface area (Å²) in [6.07, 6.45) is 8.60. The molecule has 0 spiro atoms. The Hall–Kier alpha value is -1.30. The van der Waals surface area contributed by atoms with Gasteiger partial charge in [-0.2, -0.15) is 0 Å². The van der Waals surface area contributed by atoms with Crippen molar-refractivity contribution < 1.29 is 0 Å². The molecule has 0 heteroatoms. The third-order valence-electron chi connectivity index (χ3n) is 3.97. The van der Waals surface area contributed by atoms with Crippen LogP contribution in [0, 0.1) is 5.92 Å². The third-order valence-corrected chi connectivity index (χ3v) is 3.97. The minimum atomic E-state index is 0.603. The van der Waals surface area contributed by atoms with E-state index in [-0.39, 0.29) is 0 Å². The summed E-state index contributed by atoms with van der Waals surface area (Å²) in [6, 6.07) is 8.95. The molecule has 0 aliphatic heterocycles. The molecule has 102 valence electrons. The lowest BCUT2D eigenvalue weighted by Gasteiger charge is -2.18. The van der Waals surface area contributed by atoms with Gasteiger partial charge in [0.1, 0.15) is 0 Å². The van der Waals surface area contributed by atoms with Crippen LogP contribution in [0.1, 0.15) is 64.0 Å². The molecule has 0 nitrogen and oxygen atoms in total. The second-order valence-corrected chi connectivity index (χ2v) is 6.27. The van der Waals surface area contributed by atoms with E-state index in [1.807, 2.05) is 0 Å². The zero-order valence-corrected chi connectivity index (χ0v) is 12.7. The molecule has 0 unspecified atom stereocenters. The van der Waals surface area contributed by atoms with E-state index in [0.29, 0.717) is 11.8 Å². The standard InChI is InChI=1S/C19H26/c1-14(2)18-9-5-7-16(12-18)11-17-8-6-10-19(13-17)15(3)4/h5,7,9,11-15H,6,8,10H2,1-4H3/b17-11+. The Morgan fingerprint density at radius 2 is 1.79 bits per heavy atom. The van der Waals surface area contributed by atoms with Crippen LogP contribution in [-0.4, -0.2) is 0 Å². The molecule has 0 aromatic heterocycles. The Balaban J connectivity index is 2.25. The van der Waals surface area contributed by atoms with Crippen LogP contribution in [0.2, 0.25) is 0 Å². The van der Waals surface area contributed by atoms with Gasteiger partial charge in [0.25, 0.3) is 0 Å². The molecule has 2 rings (SSSR count). The highest BCUT2D eigenvalue weighted by Gasteiger charge is 2.10. The predicted octanol–water partition coefficient (Wildman–Crippen LogP) is 5.96. The van der Waals surface area contributed by atoms with Gasteiger partial charge in [0.2, 0.25) is 0 Å². The van der Waals surface area contributed by atoms with Crippen molar-refractivity contribution in [3.8, 4) is 0 Å². The van der Waals surface area contributed by atoms with Crippen molar-refractivity contribution in [3.05, 3.63) is 52.6 Å². The fourth-order valence-electron chi connectivity index (χ4n) is 2.67. The van der Waals surface area contributed by atoms with Crippen LogP contribution in [0.15, 0.2) is 41.5 Å². The normalized spacial score (nSPS) is 18.2. The van der Waals surface area contributed by atoms with Gasteiger partial charge in [-0.1, -0.05) is 69.7 Å². The van der Waals surface area contributed by atoms with Crippen LogP contribution in [0.25, 0.3) is 6.08 Å². The minimum absolute atomic E-state index is 0.603. The molecule has 0 N–H and O–H groups in total. The first-order valence-corrected chi connectivity index (χ1v) is 7.57. The second-order valence-electron chi connectivity index (χ2n) is 6.27. The van der Waals surface area contributed by atoms with Crippen LogP contribution in [0.3, 0.4) is 0 Å². The van der Waals surface area contributed by atoms with E-state index >= 15 is 0 Å². The molecule has 1 aromatic rings. The van der Waals surface area contributed by atoms with Gasteiger partial charge < -0.3 is 0 Å². The third kappa shape index (κ3) is 3.83. The molecule has 1 aliphatic rings. The molecule has 0 saturated heterocycles. The fourth-order valence-corrected chi connectivity index (χ4v) is 2.67. The van der Waals surface area contributed by atoms with Crippen LogP contribution in [0.4, 0.5) is 0 Å². The Morgan fingerprint density at radius 3 is 2.47 bits per heavy atom. The van der Waals surface area contributed by atoms with Crippen molar-refractivity contribution in [1.29, 1.82) is 0 Å². The molecule has 1 aliphatic carbocycles. The van der Waals surface area contributed by atoms with Gasteiger partial charge in [-0.25, -0.2) is 0 Å². The zero-order valence-electron chi connectivity index (χ0n) is 12.7. The molecule has 0 fully saturated rings. The monoisotopic (exact) mass is 254 g/mol. The average molecular weight is 254 g/mol. The molecule has 0 bridgehead atoms. The summed E-state index contributed by atoms with van der Waals surface area (Å²) in [7, 11) is 0. The van der Waals surface area contributed by atoms with Crippen LogP contribution in [-0.2, 0) is 0 Å². The smallest absolute Gasteiger partial charge is 0.0219 e. The number of rotatable bonds is 3. The lowest BCUT2D eigenvalue weighted by Crippen LogP contribution is -2.00. The van der Waals surface area contributed by atoms with Crippen molar-refractivity contribution in [2.75, 3.05) is 0 Å². The molecule has 1 aromatic carbocycles. The molecular weight excluding hydrogens is 228 g/mol. The summed E-state index contributed by atoms with van der Waals surface area (Å²) in [5.41, 5.74) is 5.88. The Bertz CT molecular complexity index is 487. The van der Waals surface area contributed by atoms with Crippen LogP contribution >= 0.6 is 0 Å². The van der Waals surface area contributed by atoms with Gasteiger partial charge in [-0.05, 0) is 47.8 Å². The largest absolute Gasteiger partial charge is 0.0674 e. The number of hydrogen-bond acceptors (Lipinski definition) is 0. The summed E-state index contributed by atoms with van der Waals surface area (Å²) >= 11 is 0. The van der Waals surface area contributed by atoms with Gasteiger partial charge in [0.05, 0.1) is 0 Å². The van der Waals surface area contributed by atoms with Crippen LogP contribution in [0.5, 0.6) is 0 Å². The van der Waals surface area contributed by atoms with Crippen molar-refractivity contribution in [2.24, 2.45) is 5.92 Å². The van der Waals surface area contributed by atoms with E-state index in [1.165, 1.54) is 36.0 Å². The first kappa shape index (κ1) is 14.1. The Morgan fingerprint density at radius 1 is 1.00 bits per heavy atom. The van der Waals surface area contributed by atoms with Crippen LogP contribution < -0.4 is 0 Å². The maximum absolute atomic E-state index is 2.43. The van der Waals surface area contributed by atoms with Crippen molar-refractivity contribution in [1.82, 2.24) is 0 Å². The summed E-state index contributed by atoms with van der Waals surface area (Å²) in [5, 5.41) is 0. The highest BCUT2D eigenvalue weighted by molar-refractivity contribution is 5.57. The molecule has 19 heavy (non-hydrogen) atoms. The lowest BCUT2D eigenvalue weighted by molar-refractivity contribution is 0.662. The fraction of sp³-hybridized carbons (Fsp3) is 0.474. The topological polar surface area (TPSA) is 0 Å². The van der Waals surface area contributed by atoms with Crippen molar-refractivity contribution in [2.45, 2.75) is 52.9 Å². The average Bonchev–Trinajstić information content (AvgIpc) is 2.39. The first-order valence-electron chi connectivity index (χ1n) is 7.57. The summed E-state index contributed by atoms with van der Waals surface area (Å²) in [6.45, 7) is 9.11. The van der Waals surface area contributed by atoms with Gasteiger partial charge >= 0.3 is 0 Å². The van der Waals surface area contributed by atoms with E-state index in [4.69, 9.17) is 0 Å². The van der Waals surface area contributed by atoms with Crippen molar-refractivity contribution in [3.63, 3.8) is 0 Å². The maximum atomic E-state index is 2.43. The quantitative estimate of drug-likeness (QED) is 0.624. The first-order chi connectivity index (χ1) is 9.06. The van der Waals surface area contributed by atoms with Gasteiger partial charge in [0, 0.05) is 0 Å². The molecular formula is C19H26. The minimum Gasteiger partial charge on any atom is -0.0674 e. The van der Waals surface area contributed by atoms with Gasteiger partial charge in [0.15, 0.2) is 0 Å². The lowest BCUT2D eigenvalue weighted by atomic mass is 9.88. The Labute approximate surface area is 118 Å². The number of hydrogen-bond donors (Lipinski definition) is 0. The summed E-state index contributed by atoms with van der Waals surface area (Å²) in [4.78, 5) is 0. The number of allylic oxidation sites excluding steroid dienone is 3. The van der Waals surface area contributed by atoms with Gasteiger partial charge in [-0.15, -0.1) is 0 Å². The summed E-state index contributed by atoms with van der Waals surface area (Å²) < 4.78 is 0. The molecule has 0 amide bonds. The molecule has 0 saturated carbocycles. The van der Waals surface area contributed by atoms with E-state index in [9.17, 15) is 0 Å². The maximum Gasteiger partial charge on any atom is -0.0219 e. The second kappa shape index (κ2) is 6.23. The van der Waals surface area contributed by atoms with E-state index < -0.39 is 0 Å². The SMILES string of the molecule is CC(C)C1=C/C(=C/c2cccc(C(C)C)c2)CCC1. The highest BCUT2D eigenvalue weighted by atomic mass is 14.2. The molecule has 0 atom stereocenters. The predicted molar refractivity (Wildman–Crippen MR) is 85.3 cm³/mol. The zero-order chi connectivity index (χ0) is 13.8. The highest BCUT2D eigenvalue weighted by Crippen LogP contribution is 2.28. The molecule has 0 heterocycles. The Kier molecular flexibility index (Phi) is 4.63. The van der Waals surface area contributed by atoms with E-state index in [2.05, 4.69) is 64.1 Å². The van der Waals surface area contributed by atoms with E-state index in [0.717, 1.165) is 0 Å². The van der Waals surface area contributed by atoms with Gasteiger partial charge in [-0.3, -0.25) is 0 Å². The number of benzene rings is 1. The van der Waals surface area contributed by atoms with E-state index in [1.54, 1.807) is 5.57 Å².